The lowest BCUT2D eigenvalue weighted by atomic mass is 10.1. The average molecular weight is 442 g/mol. The van der Waals surface area contributed by atoms with Gasteiger partial charge in [-0.25, -0.2) is 13.4 Å². The van der Waals surface area contributed by atoms with Crippen molar-refractivity contribution < 1.29 is 13.2 Å². The Morgan fingerprint density at radius 2 is 1.97 bits per heavy atom. The van der Waals surface area contributed by atoms with Crippen molar-refractivity contribution in [2.75, 3.05) is 11.9 Å². The number of carbonyl (C=O) groups excluding carboxylic acids is 1. The third kappa shape index (κ3) is 4.30. The van der Waals surface area contributed by atoms with Gasteiger partial charge in [0.2, 0.25) is 10.0 Å². The lowest BCUT2D eigenvalue weighted by Crippen LogP contribution is -2.41. The molecule has 1 unspecified atom stereocenters. The highest BCUT2D eigenvalue weighted by atomic mass is 32.2. The summed E-state index contributed by atoms with van der Waals surface area (Å²) in [6.45, 7) is 2.45. The number of aromatic nitrogens is 1. The molecular weight excluding hydrogens is 418 g/mol. The molecule has 1 fully saturated rings. The highest BCUT2D eigenvalue weighted by molar-refractivity contribution is 7.89. The van der Waals surface area contributed by atoms with Crippen molar-refractivity contribution in [3.05, 3.63) is 65.7 Å². The van der Waals surface area contributed by atoms with Gasteiger partial charge >= 0.3 is 0 Å². The second-order valence-corrected chi connectivity index (χ2v) is 10.1. The Labute approximate surface area is 180 Å². The van der Waals surface area contributed by atoms with Gasteiger partial charge in [-0.1, -0.05) is 12.5 Å². The van der Waals surface area contributed by atoms with Crippen LogP contribution in [0.3, 0.4) is 0 Å². The van der Waals surface area contributed by atoms with E-state index in [9.17, 15) is 13.2 Å². The number of piperidine rings is 1. The Morgan fingerprint density at radius 1 is 1.17 bits per heavy atom. The molecule has 1 atom stereocenters. The number of amides is 1. The molecule has 0 bridgehead atoms. The molecule has 1 aliphatic heterocycles. The number of carbonyl (C=O) groups is 1. The zero-order chi connectivity index (χ0) is 21.1. The van der Waals surface area contributed by atoms with Crippen LogP contribution in [-0.2, 0) is 10.0 Å². The van der Waals surface area contributed by atoms with E-state index in [4.69, 9.17) is 0 Å². The second-order valence-electron chi connectivity index (χ2n) is 7.36. The molecule has 1 N–H and O–H groups in total. The Kier molecular flexibility index (Phi) is 5.99. The molecule has 2 heterocycles. The number of rotatable bonds is 5. The molecule has 0 spiro atoms. The van der Waals surface area contributed by atoms with Gasteiger partial charge in [0, 0.05) is 41.0 Å². The standard InChI is InChI=1S/C22H23N3O3S2/c1-16-5-2-3-13-25(16)30(27,28)20-7-4-6-18(15-20)21(26)24-19-10-8-17(9-11-19)22-23-12-14-29-22/h4,6-12,14-16H,2-3,5,13H2,1H3,(H,24,26). The molecule has 0 radical (unpaired) electrons. The molecule has 156 valence electrons. The van der Waals surface area contributed by atoms with Crippen molar-refractivity contribution in [2.45, 2.75) is 37.1 Å². The molecule has 6 nitrogen and oxygen atoms in total. The average Bonchev–Trinajstić information content (AvgIpc) is 3.29. The summed E-state index contributed by atoms with van der Waals surface area (Å²) in [6.07, 6.45) is 4.51. The monoisotopic (exact) mass is 441 g/mol. The van der Waals surface area contributed by atoms with E-state index in [1.165, 1.54) is 6.07 Å². The highest BCUT2D eigenvalue weighted by Crippen LogP contribution is 2.26. The maximum Gasteiger partial charge on any atom is 0.255 e. The lowest BCUT2D eigenvalue weighted by molar-refractivity contribution is 0.102. The molecular formula is C22H23N3O3S2. The SMILES string of the molecule is CC1CCCCN1S(=O)(=O)c1cccc(C(=O)Nc2ccc(-c3nccs3)cc2)c1. The molecule has 1 aromatic heterocycles. The number of benzene rings is 2. The summed E-state index contributed by atoms with van der Waals surface area (Å²) in [5.74, 6) is -0.347. The fraction of sp³-hybridized carbons (Fsp3) is 0.273. The number of nitrogens with zero attached hydrogens (tertiary/aromatic N) is 2. The van der Waals surface area contributed by atoms with Crippen LogP contribution in [0.2, 0.25) is 0 Å². The first-order valence-electron chi connectivity index (χ1n) is 9.88. The van der Waals surface area contributed by atoms with Gasteiger partial charge in [-0.05, 0) is 62.2 Å². The summed E-state index contributed by atoms with van der Waals surface area (Å²) < 4.78 is 27.7. The minimum atomic E-state index is -3.62. The van der Waals surface area contributed by atoms with E-state index in [-0.39, 0.29) is 16.8 Å². The number of anilines is 1. The van der Waals surface area contributed by atoms with Gasteiger partial charge < -0.3 is 5.32 Å². The minimum absolute atomic E-state index is 0.0300. The zero-order valence-corrected chi connectivity index (χ0v) is 18.2. The van der Waals surface area contributed by atoms with E-state index < -0.39 is 10.0 Å². The molecule has 1 amide bonds. The topological polar surface area (TPSA) is 79.4 Å². The third-order valence-electron chi connectivity index (χ3n) is 5.27. The van der Waals surface area contributed by atoms with Crippen molar-refractivity contribution >= 4 is 33.0 Å². The van der Waals surface area contributed by atoms with Crippen LogP contribution in [0.4, 0.5) is 5.69 Å². The Balaban J connectivity index is 1.51. The van der Waals surface area contributed by atoms with Gasteiger partial charge in [-0.3, -0.25) is 4.79 Å². The van der Waals surface area contributed by atoms with Gasteiger partial charge in [0.05, 0.1) is 4.90 Å². The molecule has 1 saturated heterocycles. The Morgan fingerprint density at radius 3 is 2.67 bits per heavy atom. The van der Waals surface area contributed by atoms with Crippen molar-refractivity contribution in [2.24, 2.45) is 0 Å². The Bertz CT molecular complexity index is 1130. The number of sulfonamides is 1. The summed E-state index contributed by atoms with van der Waals surface area (Å²) in [5.41, 5.74) is 1.93. The van der Waals surface area contributed by atoms with Crippen LogP contribution in [-0.4, -0.2) is 36.2 Å². The maximum absolute atomic E-state index is 13.1. The largest absolute Gasteiger partial charge is 0.322 e. The van der Waals surface area contributed by atoms with E-state index >= 15 is 0 Å². The number of hydrogen-bond acceptors (Lipinski definition) is 5. The first kappa shape index (κ1) is 20.7. The summed E-state index contributed by atoms with van der Waals surface area (Å²) in [5, 5.41) is 5.66. The van der Waals surface area contributed by atoms with Gasteiger partial charge in [-0.15, -0.1) is 11.3 Å². The molecule has 30 heavy (non-hydrogen) atoms. The smallest absolute Gasteiger partial charge is 0.255 e. The van der Waals surface area contributed by atoms with Crippen molar-refractivity contribution in [1.82, 2.24) is 9.29 Å². The number of nitrogens with one attached hydrogen (secondary N) is 1. The second kappa shape index (κ2) is 8.67. The summed E-state index contributed by atoms with van der Waals surface area (Å²) >= 11 is 1.55. The predicted octanol–water partition coefficient (Wildman–Crippen LogP) is 4.63. The van der Waals surface area contributed by atoms with Crippen LogP contribution < -0.4 is 5.32 Å². The van der Waals surface area contributed by atoms with Crippen LogP contribution in [0.5, 0.6) is 0 Å². The van der Waals surface area contributed by atoms with Crippen molar-refractivity contribution in [3.8, 4) is 10.6 Å². The van der Waals surface area contributed by atoms with Crippen LogP contribution in [0, 0.1) is 0 Å². The van der Waals surface area contributed by atoms with E-state index in [0.717, 1.165) is 29.8 Å². The minimum Gasteiger partial charge on any atom is -0.322 e. The van der Waals surface area contributed by atoms with Gasteiger partial charge in [0.1, 0.15) is 5.01 Å². The molecule has 8 heteroatoms. The van der Waals surface area contributed by atoms with Gasteiger partial charge in [-0.2, -0.15) is 4.31 Å². The van der Waals surface area contributed by atoms with E-state index in [1.54, 1.807) is 40.0 Å². The van der Waals surface area contributed by atoms with Crippen LogP contribution in [0.1, 0.15) is 36.5 Å². The molecule has 2 aromatic carbocycles. The summed E-state index contributed by atoms with van der Waals surface area (Å²) in [7, 11) is -3.62. The van der Waals surface area contributed by atoms with Crippen LogP contribution in [0.25, 0.3) is 10.6 Å². The number of hydrogen-bond donors (Lipinski definition) is 1. The van der Waals surface area contributed by atoms with Gasteiger partial charge in [0.15, 0.2) is 0 Å². The van der Waals surface area contributed by atoms with E-state index in [0.29, 0.717) is 17.8 Å². The Hall–Kier alpha value is -2.55. The summed E-state index contributed by atoms with van der Waals surface area (Å²) in [6, 6.07) is 13.6. The normalized spacial score (nSPS) is 17.6. The highest BCUT2D eigenvalue weighted by Gasteiger charge is 2.31. The molecule has 4 rings (SSSR count). The zero-order valence-electron chi connectivity index (χ0n) is 16.6. The predicted molar refractivity (Wildman–Crippen MR) is 119 cm³/mol. The van der Waals surface area contributed by atoms with Crippen molar-refractivity contribution in [3.63, 3.8) is 0 Å². The van der Waals surface area contributed by atoms with Crippen LogP contribution >= 0.6 is 11.3 Å². The van der Waals surface area contributed by atoms with Crippen LogP contribution in [0.15, 0.2) is 65.0 Å². The third-order valence-corrected chi connectivity index (χ3v) is 8.10. The molecule has 3 aromatic rings. The van der Waals surface area contributed by atoms with E-state index in [1.807, 2.05) is 36.6 Å². The molecule has 1 aliphatic rings. The van der Waals surface area contributed by atoms with E-state index in [2.05, 4.69) is 10.3 Å². The van der Waals surface area contributed by atoms with Crippen molar-refractivity contribution in [1.29, 1.82) is 0 Å². The maximum atomic E-state index is 13.1. The first-order chi connectivity index (χ1) is 14.4. The molecule has 0 saturated carbocycles. The van der Waals surface area contributed by atoms with Gasteiger partial charge in [0.25, 0.3) is 5.91 Å². The number of thiazole rings is 1. The first-order valence-corrected chi connectivity index (χ1v) is 12.2. The molecule has 0 aliphatic carbocycles. The lowest BCUT2D eigenvalue weighted by Gasteiger charge is -2.32. The quantitative estimate of drug-likeness (QED) is 0.626. The fourth-order valence-electron chi connectivity index (χ4n) is 3.63. The fourth-order valence-corrected chi connectivity index (χ4v) is 6.02. The summed E-state index contributed by atoms with van der Waals surface area (Å²) in [4.78, 5) is 17.1.